The third-order valence-electron chi connectivity index (χ3n) is 4.35. The van der Waals surface area contributed by atoms with Crippen LogP contribution in [0.1, 0.15) is 39.6 Å². The van der Waals surface area contributed by atoms with E-state index in [0.717, 1.165) is 5.56 Å². The molecule has 1 aliphatic heterocycles. The third kappa shape index (κ3) is 4.62. The van der Waals surface area contributed by atoms with Crippen LogP contribution in [0, 0.1) is 10.1 Å². The number of nitrogens with one attached hydrogen (secondary N) is 1. The van der Waals surface area contributed by atoms with Gasteiger partial charge in [0.1, 0.15) is 0 Å². The third-order valence-corrected chi connectivity index (χ3v) is 5.35. The van der Waals surface area contributed by atoms with Gasteiger partial charge >= 0.3 is 0 Å². The minimum Gasteiger partial charge on any atom is -0.325 e. The maximum atomic E-state index is 12.4. The van der Waals surface area contributed by atoms with Crippen molar-refractivity contribution in [2.45, 2.75) is 19.1 Å². The number of nitrogens with zero attached hydrogens (tertiary/aromatic N) is 2. The van der Waals surface area contributed by atoms with E-state index in [4.69, 9.17) is 0 Å². The van der Waals surface area contributed by atoms with E-state index in [0.29, 0.717) is 35.5 Å². The van der Waals surface area contributed by atoms with Crippen LogP contribution in [0.5, 0.6) is 0 Å². The topological polar surface area (TPSA) is 110 Å². The number of fused-ring (bicyclic) bond motifs is 1. The maximum absolute atomic E-state index is 12.4. The fourth-order valence-corrected chi connectivity index (χ4v) is 3.76. The summed E-state index contributed by atoms with van der Waals surface area (Å²) in [5.74, 6) is -0.157. The Balaban J connectivity index is 1.55. The number of carbonyl (C=O) groups is 3. The predicted octanol–water partition coefficient (Wildman–Crippen LogP) is 3.47. The normalized spacial score (nSPS) is 12.8. The van der Waals surface area contributed by atoms with E-state index >= 15 is 0 Å². The van der Waals surface area contributed by atoms with Crippen molar-refractivity contribution in [3.63, 3.8) is 0 Å². The molecule has 0 aromatic heterocycles. The van der Waals surface area contributed by atoms with Gasteiger partial charge in [0.25, 0.3) is 17.5 Å². The molecule has 9 heteroatoms. The molecule has 3 rings (SSSR count). The lowest BCUT2D eigenvalue weighted by Gasteiger charge is -2.11. The van der Waals surface area contributed by atoms with Crippen molar-refractivity contribution >= 4 is 40.9 Å². The Morgan fingerprint density at radius 1 is 1.10 bits per heavy atom. The standard InChI is InChI=1S/C20H19N3O5S/c1-2-9-22-19(25)16-8-5-14(10-17(16)20(22)26)21-18(24)12-29-11-13-3-6-15(7-4-13)23(27)28/h3-8,10H,2,9,11-12H2,1H3,(H,21,24). The number of hydrogen-bond donors (Lipinski definition) is 1. The summed E-state index contributed by atoms with van der Waals surface area (Å²) >= 11 is 1.37. The van der Waals surface area contributed by atoms with Gasteiger partial charge in [0.15, 0.2) is 0 Å². The first-order chi connectivity index (χ1) is 13.9. The van der Waals surface area contributed by atoms with Crippen LogP contribution < -0.4 is 5.32 Å². The molecule has 0 aliphatic carbocycles. The Labute approximate surface area is 171 Å². The zero-order chi connectivity index (χ0) is 21.0. The van der Waals surface area contributed by atoms with Crippen LogP contribution in [-0.2, 0) is 10.5 Å². The molecule has 0 spiro atoms. The largest absolute Gasteiger partial charge is 0.325 e. The van der Waals surface area contributed by atoms with Crippen molar-refractivity contribution in [1.82, 2.24) is 4.90 Å². The number of thioether (sulfide) groups is 1. The van der Waals surface area contributed by atoms with Gasteiger partial charge in [-0.05, 0) is 30.2 Å². The van der Waals surface area contributed by atoms with Crippen molar-refractivity contribution < 1.29 is 19.3 Å². The summed E-state index contributed by atoms with van der Waals surface area (Å²) in [4.78, 5) is 48.2. The van der Waals surface area contributed by atoms with Crippen LogP contribution in [0.25, 0.3) is 0 Å². The van der Waals surface area contributed by atoms with Crippen LogP contribution in [-0.4, -0.2) is 39.8 Å². The number of nitro benzene ring substituents is 1. The highest BCUT2D eigenvalue weighted by Crippen LogP contribution is 2.26. The smallest absolute Gasteiger partial charge is 0.269 e. The predicted molar refractivity (Wildman–Crippen MR) is 110 cm³/mol. The number of amides is 3. The molecule has 1 N–H and O–H groups in total. The van der Waals surface area contributed by atoms with Crippen LogP contribution >= 0.6 is 11.8 Å². The summed E-state index contributed by atoms with van der Waals surface area (Å²) in [5.41, 5.74) is 2.03. The van der Waals surface area contributed by atoms with Gasteiger partial charge in [-0.3, -0.25) is 29.4 Å². The maximum Gasteiger partial charge on any atom is 0.269 e. The van der Waals surface area contributed by atoms with Gasteiger partial charge in [-0.25, -0.2) is 0 Å². The number of carbonyl (C=O) groups excluding carboxylic acids is 3. The Morgan fingerprint density at radius 2 is 1.79 bits per heavy atom. The molecular formula is C20H19N3O5S. The van der Waals surface area contributed by atoms with Gasteiger partial charge in [0.05, 0.1) is 21.8 Å². The molecule has 2 aromatic rings. The van der Waals surface area contributed by atoms with Crippen molar-refractivity contribution in [2.75, 3.05) is 17.6 Å². The van der Waals surface area contributed by atoms with Crippen LogP contribution in [0.15, 0.2) is 42.5 Å². The summed E-state index contributed by atoms with van der Waals surface area (Å²) in [6.45, 7) is 2.26. The molecule has 0 atom stereocenters. The molecule has 29 heavy (non-hydrogen) atoms. The highest BCUT2D eigenvalue weighted by Gasteiger charge is 2.34. The van der Waals surface area contributed by atoms with E-state index in [1.165, 1.54) is 34.9 Å². The van der Waals surface area contributed by atoms with E-state index in [1.807, 2.05) is 6.92 Å². The lowest BCUT2D eigenvalue weighted by atomic mass is 10.1. The van der Waals surface area contributed by atoms with E-state index in [-0.39, 0.29) is 29.2 Å². The zero-order valence-corrected chi connectivity index (χ0v) is 16.5. The summed E-state index contributed by atoms with van der Waals surface area (Å²) in [6.07, 6.45) is 0.682. The lowest BCUT2D eigenvalue weighted by Crippen LogP contribution is -2.30. The molecule has 0 fully saturated rings. The second-order valence-corrected chi connectivity index (χ2v) is 7.47. The second kappa shape index (κ2) is 8.87. The molecule has 3 amide bonds. The number of imide groups is 1. The molecule has 2 aromatic carbocycles. The van der Waals surface area contributed by atoms with E-state index in [1.54, 1.807) is 24.3 Å². The fourth-order valence-electron chi connectivity index (χ4n) is 2.97. The SMILES string of the molecule is CCCN1C(=O)c2ccc(NC(=O)CSCc3ccc([N+](=O)[O-])cc3)cc2C1=O. The number of rotatable bonds is 8. The molecule has 0 radical (unpaired) electrons. The number of benzene rings is 2. The van der Waals surface area contributed by atoms with Crippen LogP contribution in [0.3, 0.4) is 0 Å². The zero-order valence-electron chi connectivity index (χ0n) is 15.7. The Morgan fingerprint density at radius 3 is 2.45 bits per heavy atom. The number of non-ortho nitro benzene ring substituents is 1. The highest BCUT2D eigenvalue weighted by atomic mass is 32.2. The molecule has 150 valence electrons. The minimum atomic E-state index is -0.458. The average molecular weight is 413 g/mol. The summed E-state index contributed by atoms with van der Waals surface area (Å²) in [6, 6.07) is 10.9. The second-order valence-electron chi connectivity index (χ2n) is 6.49. The monoisotopic (exact) mass is 413 g/mol. The van der Waals surface area contributed by atoms with Crippen molar-refractivity contribution in [3.05, 3.63) is 69.3 Å². The van der Waals surface area contributed by atoms with Gasteiger partial charge in [0, 0.05) is 30.1 Å². The quantitative estimate of drug-likeness (QED) is 0.403. The molecule has 0 saturated heterocycles. The van der Waals surface area contributed by atoms with Gasteiger partial charge in [-0.15, -0.1) is 11.8 Å². The van der Waals surface area contributed by atoms with Crippen LogP contribution in [0.2, 0.25) is 0 Å². The summed E-state index contributed by atoms with van der Waals surface area (Å²) in [7, 11) is 0. The Bertz CT molecular complexity index is 975. The number of anilines is 1. The molecule has 1 heterocycles. The Hall–Kier alpha value is -3.20. The molecule has 0 unspecified atom stereocenters. The highest BCUT2D eigenvalue weighted by molar-refractivity contribution is 7.99. The number of nitro groups is 1. The van der Waals surface area contributed by atoms with E-state index in [2.05, 4.69) is 5.32 Å². The Kier molecular flexibility index (Phi) is 6.28. The molecule has 0 bridgehead atoms. The lowest BCUT2D eigenvalue weighted by molar-refractivity contribution is -0.384. The molecule has 0 saturated carbocycles. The van der Waals surface area contributed by atoms with Crippen LogP contribution in [0.4, 0.5) is 11.4 Å². The van der Waals surface area contributed by atoms with Crippen molar-refractivity contribution in [3.8, 4) is 0 Å². The first-order valence-electron chi connectivity index (χ1n) is 9.02. The van der Waals surface area contributed by atoms with Gasteiger partial charge in [0.2, 0.25) is 5.91 Å². The van der Waals surface area contributed by atoms with E-state index in [9.17, 15) is 24.5 Å². The number of hydrogen-bond acceptors (Lipinski definition) is 6. The molecule has 8 nitrogen and oxygen atoms in total. The van der Waals surface area contributed by atoms with Crippen molar-refractivity contribution in [1.29, 1.82) is 0 Å². The average Bonchev–Trinajstić information content (AvgIpc) is 2.93. The fraction of sp³-hybridized carbons (Fsp3) is 0.250. The molecular weight excluding hydrogens is 394 g/mol. The van der Waals surface area contributed by atoms with Gasteiger partial charge in [-0.2, -0.15) is 0 Å². The van der Waals surface area contributed by atoms with E-state index < -0.39 is 4.92 Å². The van der Waals surface area contributed by atoms with Gasteiger partial charge in [-0.1, -0.05) is 19.1 Å². The molecule has 1 aliphatic rings. The van der Waals surface area contributed by atoms with Gasteiger partial charge < -0.3 is 5.32 Å². The van der Waals surface area contributed by atoms with Crippen molar-refractivity contribution in [2.24, 2.45) is 0 Å². The first kappa shape index (κ1) is 20.5. The summed E-state index contributed by atoms with van der Waals surface area (Å²) in [5, 5.41) is 13.4. The summed E-state index contributed by atoms with van der Waals surface area (Å²) < 4.78 is 0. The first-order valence-corrected chi connectivity index (χ1v) is 10.2. The minimum absolute atomic E-state index is 0.0265.